The van der Waals surface area contributed by atoms with Gasteiger partial charge in [0, 0.05) is 32.0 Å². The van der Waals surface area contributed by atoms with Crippen molar-refractivity contribution in [3.63, 3.8) is 0 Å². The maximum atomic E-state index is 12.5. The first-order chi connectivity index (χ1) is 19.4. The van der Waals surface area contributed by atoms with Gasteiger partial charge in [-0.1, -0.05) is 5.92 Å². The molecule has 2 unspecified atom stereocenters. The predicted molar refractivity (Wildman–Crippen MR) is 138 cm³/mol. The number of amides is 2. The number of nitrogens with zero attached hydrogens (tertiary/aromatic N) is 5. The van der Waals surface area contributed by atoms with Crippen LogP contribution >= 0.6 is 0 Å². The summed E-state index contributed by atoms with van der Waals surface area (Å²) in [6.45, 7) is 2.32. The summed E-state index contributed by atoms with van der Waals surface area (Å²) in [7, 11) is 0. The second-order valence-corrected chi connectivity index (χ2v) is 10.8. The molecule has 6 rings (SSSR count). The van der Waals surface area contributed by atoms with Crippen LogP contribution in [0.25, 0.3) is 11.2 Å². The predicted octanol–water partition coefficient (Wildman–Crippen LogP) is -0.315. The number of nitrogen functional groups attached to an aromatic ring is 1. The fraction of sp³-hybridized carbons (Fsp3) is 0.654. The minimum atomic E-state index is -1.41. The molecule has 4 aliphatic rings. The van der Waals surface area contributed by atoms with Crippen molar-refractivity contribution in [2.45, 2.75) is 75.2 Å². The lowest BCUT2D eigenvalue weighted by Crippen LogP contribution is -2.43. The number of piperidine rings is 1. The fourth-order valence-electron chi connectivity index (χ4n) is 5.21. The van der Waals surface area contributed by atoms with E-state index in [-0.39, 0.29) is 35.5 Å². The van der Waals surface area contributed by atoms with Crippen molar-refractivity contribution in [3.05, 3.63) is 12.2 Å². The Labute approximate surface area is 230 Å². The number of hydrogen-bond acceptors (Lipinski definition) is 11. The lowest BCUT2D eigenvalue weighted by atomic mass is 9.94. The van der Waals surface area contributed by atoms with Gasteiger partial charge in [-0.05, 0) is 37.5 Å². The summed E-state index contributed by atoms with van der Waals surface area (Å²) in [4.78, 5) is 39.5. The smallest absolute Gasteiger partial charge is 0.410 e. The largest absolute Gasteiger partial charge is 0.444 e. The van der Waals surface area contributed by atoms with E-state index in [1.165, 1.54) is 10.9 Å². The first-order valence-electron chi connectivity index (χ1n) is 13.7. The molecule has 5 N–H and O–H groups in total. The molecule has 214 valence electrons. The lowest BCUT2D eigenvalue weighted by Gasteiger charge is -2.31. The van der Waals surface area contributed by atoms with Crippen molar-refractivity contribution < 1.29 is 34.0 Å². The number of fused-ring (bicyclic) bond motifs is 1. The molecule has 4 fully saturated rings. The van der Waals surface area contributed by atoms with E-state index >= 15 is 0 Å². The zero-order valence-corrected chi connectivity index (χ0v) is 21.9. The van der Waals surface area contributed by atoms with Crippen molar-refractivity contribution >= 4 is 29.0 Å². The minimum Gasteiger partial charge on any atom is -0.444 e. The number of nitrogens with two attached hydrogens (primary N) is 1. The second kappa shape index (κ2) is 11.2. The van der Waals surface area contributed by atoms with Crippen LogP contribution in [-0.2, 0) is 19.0 Å². The lowest BCUT2D eigenvalue weighted by molar-refractivity contribution is -0.137. The van der Waals surface area contributed by atoms with E-state index in [1.54, 1.807) is 4.90 Å². The maximum absolute atomic E-state index is 12.5. The highest BCUT2D eigenvalue weighted by Gasteiger charge is 2.48. The van der Waals surface area contributed by atoms with E-state index in [2.05, 4.69) is 32.1 Å². The number of nitrogens with one attached hydrogen (secondary N) is 1. The average molecular weight is 556 g/mol. The van der Waals surface area contributed by atoms with Gasteiger partial charge in [-0.2, -0.15) is 0 Å². The number of carbonyl (C=O) groups excluding carboxylic acids is 2. The molecule has 2 aromatic rings. The quantitative estimate of drug-likeness (QED) is 0.354. The van der Waals surface area contributed by atoms with Crippen molar-refractivity contribution in [1.29, 1.82) is 0 Å². The van der Waals surface area contributed by atoms with Crippen LogP contribution in [0.2, 0.25) is 0 Å². The van der Waals surface area contributed by atoms with E-state index in [0.29, 0.717) is 44.2 Å². The Balaban J connectivity index is 1.09. The highest BCUT2D eigenvalue weighted by Crippen LogP contribution is 2.33. The monoisotopic (exact) mass is 555 g/mol. The van der Waals surface area contributed by atoms with Gasteiger partial charge in [0.25, 0.3) is 5.91 Å². The van der Waals surface area contributed by atoms with Gasteiger partial charge in [-0.15, -0.1) is 0 Å². The Morgan fingerprint density at radius 2 is 1.95 bits per heavy atom. The molecule has 0 aromatic carbocycles. The summed E-state index contributed by atoms with van der Waals surface area (Å²) in [6, 6.07) is 0.0865. The van der Waals surface area contributed by atoms with E-state index < -0.39 is 30.4 Å². The maximum Gasteiger partial charge on any atom is 0.410 e. The number of rotatable bonds is 5. The zero-order chi connectivity index (χ0) is 27.8. The van der Waals surface area contributed by atoms with Crippen LogP contribution in [0, 0.1) is 17.8 Å². The van der Waals surface area contributed by atoms with Gasteiger partial charge >= 0.3 is 6.09 Å². The molecule has 40 heavy (non-hydrogen) atoms. The summed E-state index contributed by atoms with van der Waals surface area (Å²) in [5.41, 5.74) is 6.69. The van der Waals surface area contributed by atoms with Crippen LogP contribution in [0.15, 0.2) is 6.33 Å². The SMILES string of the molecule is Nc1nc(C#CCC2CCN(C(=O)OC3CCOC3)CC2)nc2c1ncn2[C@@H]1O[C@H](C(=O)NC2CC2)C(O)[C@@H]1O. The summed E-state index contributed by atoms with van der Waals surface area (Å²) in [6.07, 6.45) is 0.581. The summed E-state index contributed by atoms with van der Waals surface area (Å²) >= 11 is 0. The Morgan fingerprint density at radius 3 is 2.67 bits per heavy atom. The first-order valence-corrected chi connectivity index (χ1v) is 13.7. The number of imidazole rings is 1. The molecule has 0 radical (unpaired) electrons. The van der Waals surface area contributed by atoms with Gasteiger partial charge < -0.3 is 40.4 Å². The van der Waals surface area contributed by atoms with Crippen LogP contribution in [-0.4, -0.2) is 103 Å². The Bertz CT molecular complexity index is 1320. The van der Waals surface area contributed by atoms with E-state index in [0.717, 1.165) is 32.1 Å². The second-order valence-electron chi connectivity index (χ2n) is 10.8. The van der Waals surface area contributed by atoms with E-state index in [1.807, 2.05) is 0 Å². The Hall–Kier alpha value is -3.51. The van der Waals surface area contributed by atoms with Gasteiger partial charge in [0.1, 0.15) is 23.8 Å². The molecular formula is C26H33N7O7. The number of hydrogen-bond donors (Lipinski definition) is 4. The van der Waals surface area contributed by atoms with Crippen LogP contribution in [0.5, 0.6) is 0 Å². The molecule has 0 spiro atoms. The summed E-state index contributed by atoms with van der Waals surface area (Å²) in [5, 5.41) is 23.9. The number of aliphatic hydroxyl groups excluding tert-OH is 2. The molecule has 2 aromatic heterocycles. The zero-order valence-electron chi connectivity index (χ0n) is 21.9. The van der Waals surface area contributed by atoms with Crippen molar-refractivity contribution in [2.24, 2.45) is 5.92 Å². The fourth-order valence-corrected chi connectivity index (χ4v) is 5.21. The van der Waals surface area contributed by atoms with Crippen molar-refractivity contribution in [3.8, 4) is 11.8 Å². The molecule has 14 nitrogen and oxygen atoms in total. The first kappa shape index (κ1) is 26.7. The summed E-state index contributed by atoms with van der Waals surface area (Å²) < 4.78 is 18.0. The number of aromatic nitrogens is 4. The number of anilines is 1. The van der Waals surface area contributed by atoms with Gasteiger partial charge in [0.2, 0.25) is 5.82 Å². The molecule has 14 heteroatoms. The molecule has 3 saturated heterocycles. The third-order valence-electron chi connectivity index (χ3n) is 7.76. The van der Waals surface area contributed by atoms with Crippen molar-refractivity contribution in [1.82, 2.24) is 29.7 Å². The van der Waals surface area contributed by atoms with Crippen LogP contribution in [0.3, 0.4) is 0 Å². The molecular weight excluding hydrogens is 522 g/mol. The molecule has 5 atom stereocenters. The Kier molecular flexibility index (Phi) is 7.45. The number of ether oxygens (including phenoxy) is 3. The molecule has 3 aliphatic heterocycles. The van der Waals surface area contributed by atoms with Gasteiger partial charge in [-0.3, -0.25) is 9.36 Å². The van der Waals surface area contributed by atoms with Gasteiger partial charge in [0.05, 0.1) is 19.5 Å². The summed E-state index contributed by atoms with van der Waals surface area (Å²) in [5.74, 6) is 6.24. The number of carbonyl (C=O) groups is 2. The Morgan fingerprint density at radius 1 is 1.15 bits per heavy atom. The third-order valence-corrected chi connectivity index (χ3v) is 7.76. The average Bonchev–Trinajstić information content (AvgIpc) is 3.29. The third kappa shape index (κ3) is 5.55. The molecule has 0 bridgehead atoms. The molecule has 2 amide bonds. The highest BCUT2D eigenvalue weighted by molar-refractivity contribution is 5.83. The standard InChI is InChI=1S/C26H33N7O7/c27-22-18-23(33(13-28-18)25-20(35)19(34)21(40-25)24(36)29-15-4-5-15)31-17(30-22)3-1-2-14-6-9-32(10-7-14)26(37)39-16-8-11-38-12-16/h13-16,19-21,25,34-35H,2,4-12H2,(H,29,36)(H2,27,30,31)/t16?,19?,20-,21-,25+/m0/s1. The minimum absolute atomic E-state index is 0.0865. The van der Waals surface area contributed by atoms with E-state index in [9.17, 15) is 19.8 Å². The topological polar surface area (TPSA) is 187 Å². The van der Waals surface area contributed by atoms with Crippen LogP contribution in [0.4, 0.5) is 10.6 Å². The van der Waals surface area contributed by atoms with Crippen LogP contribution < -0.4 is 11.1 Å². The molecule has 1 aliphatic carbocycles. The number of likely N-dealkylation sites (tertiary alicyclic amines) is 1. The van der Waals surface area contributed by atoms with Crippen molar-refractivity contribution in [2.75, 3.05) is 32.0 Å². The van der Waals surface area contributed by atoms with E-state index in [4.69, 9.17) is 19.9 Å². The number of aliphatic hydroxyl groups is 2. The molecule has 5 heterocycles. The van der Waals surface area contributed by atoms with Gasteiger partial charge in [0.15, 0.2) is 23.8 Å². The molecule has 1 saturated carbocycles. The normalized spacial score (nSPS) is 28.9. The highest BCUT2D eigenvalue weighted by atomic mass is 16.6. The van der Waals surface area contributed by atoms with Gasteiger partial charge in [-0.25, -0.2) is 19.7 Å². The van der Waals surface area contributed by atoms with Crippen LogP contribution in [0.1, 0.15) is 50.6 Å².